The second-order valence-electron chi connectivity index (χ2n) is 6.67. The Bertz CT molecular complexity index is 590. The van der Waals surface area contributed by atoms with Gasteiger partial charge in [-0.05, 0) is 32.8 Å². The zero-order valence-electron chi connectivity index (χ0n) is 13.8. The monoisotopic (exact) mass is 316 g/mol. The number of aryl methyl sites for hydroxylation is 2. The molecular formula is C17H24N4O2. The van der Waals surface area contributed by atoms with E-state index in [4.69, 9.17) is 0 Å². The van der Waals surface area contributed by atoms with Gasteiger partial charge in [0.1, 0.15) is 5.82 Å². The highest BCUT2D eigenvalue weighted by Crippen LogP contribution is 2.29. The van der Waals surface area contributed by atoms with Crippen LogP contribution in [-0.2, 0) is 16.1 Å². The predicted molar refractivity (Wildman–Crippen MR) is 85.4 cm³/mol. The minimum absolute atomic E-state index is 0.0680. The highest BCUT2D eigenvalue weighted by atomic mass is 16.2. The van der Waals surface area contributed by atoms with E-state index in [1.54, 1.807) is 0 Å². The molecule has 0 bridgehead atoms. The lowest BCUT2D eigenvalue weighted by atomic mass is 10.1. The van der Waals surface area contributed by atoms with Gasteiger partial charge in [0, 0.05) is 30.4 Å². The molecule has 1 aliphatic carbocycles. The van der Waals surface area contributed by atoms with Gasteiger partial charge in [-0.3, -0.25) is 9.59 Å². The summed E-state index contributed by atoms with van der Waals surface area (Å²) in [6, 6.07) is 2.25. The Morgan fingerprint density at radius 1 is 1.26 bits per heavy atom. The number of carbonyl (C=O) groups is 2. The second kappa shape index (κ2) is 6.64. The van der Waals surface area contributed by atoms with E-state index in [1.807, 2.05) is 24.8 Å². The molecule has 1 aromatic rings. The molecule has 2 heterocycles. The molecule has 6 heteroatoms. The van der Waals surface area contributed by atoms with Crippen LogP contribution in [-0.4, -0.2) is 39.3 Å². The number of rotatable bonds is 4. The van der Waals surface area contributed by atoms with Crippen molar-refractivity contribution in [3.05, 3.63) is 23.3 Å². The van der Waals surface area contributed by atoms with E-state index < -0.39 is 0 Å². The molecule has 2 amide bonds. The molecule has 23 heavy (non-hydrogen) atoms. The standard InChI is InChI=1S/C17H24N4O2/c1-11-7-12(2)20-15(19-11)9-18-17(23)13-8-16(22)21(10-13)14-5-3-4-6-14/h7,13-14H,3-6,8-10H2,1-2H3,(H,18,23)/t13-/m1/s1. The minimum atomic E-state index is -0.242. The van der Waals surface area contributed by atoms with Crippen LogP contribution in [0.25, 0.3) is 0 Å². The Morgan fingerprint density at radius 3 is 2.57 bits per heavy atom. The minimum Gasteiger partial charge on any atom is -0.348 e. The highest BCUT2D eigenvalue weighted by Gasteiger charge is 2.38. The summed E-state index contributed by atoms with van der Waals surface area (Å²) in [6.07, 6.45) is 4.87. The summed E-state index contributed by atoms with van der Waals surface area (Å²) in [4.78, 5) is 35.1. The van der Waals surface area contributed by atoms with Gasteiger partial charge < -0.3 is 10.2 Å². The third-order valence-electron chi connectivity index (χ3n) is 4.74. The smallest absolute Gasteiger partial charge is 0.225 e. The highest BCUT2D eigenvalue weighted by molar-refractivity contribution is 5.89. The Balaban J connectivity index is 1.55. The fourth-order valence-corrected chi connectivity index (χ4v) is 3.66. The Kier molecular flexibility index (Phi) is 4.59. The third-order valence-corrected chi connectivity index (χ3v) is 4.74. The van der Waals surface area contributed by atoms with E-state index in [0.717, 1.165) is 24.2 Å². The Morgan fingerprint density at radius 2 is 1.91 bits per heavy atom. The van der Waals surface area contributed by atoms with Crippen LogP contribution in [0.3, 0.4) is 0 Å². The van der Waals surface area contributed by atoms with Crippen molar-refractivity contribution in [2.24, 2.45) is 5.92 Å². The number of likely N-dealkylation sites (tertiary alicyclic amines) is 1. The fraction of sp³-hybridized carbons (Fsp3) is 0.647. The van der Waals surface area contributed by atoms with Gasteiger partial charge in [0.15, 0.2) is 0 Å². The summed E-state index contributed by atoms with van der Waals surface area (Å²) in [5.41, 5.74) is 1.79. The number of aromatic nitrogens is 2. The molecule has 124 valence electrons. The number of hydrogen-bond donors (Lipinski definition) is 1. The van der Waals surface area contributed by atoms with E-state index in [-0.39, 0.29) is 17.7 Å². The molecule has 0 radical (unpaired) electrons. The van der Waals surface area contributed by atoms with E-state index >= 15 is 0 Å². The van der Waals surface area contributed by atoms with Crippen LogP contribution in [0.2, 0.25) is 0 Å². The van der Waals surface area contributed by atoms with E-state index in [2.05, 4.69) is 15.3 Å². The van der Waals surface area contributed by atoms with Crippen molar-refractivity contribution < 1.29 is 9.59 Å². The SMILES string of the molecule is Cc1cc(C)nc(CNC(=O)[C@@H]2CC(=O)N(C3CCCC3)C2)n1. The normalized spacial score (nSPS) is 21.9. The molecule has 1 N–H and O–H groups in total. The van der Waals surface area contributed by atoms with Crippen LogP contribution in [0, 0.1) is 19.8 Å². The summed E-state index contributed by atoms with van der Waals surface area (Å²) in [6.45, 7) is 4.70. The molecule has 1 aromatic heterocycles. The van der Waals surface area contributed by atoms with E-state index in [0.29, 0.717) is 31.4 Å². The summed E-state index contributed by atoms with van der Waals surface area (Å²) >= 11 is 0. The first-order chi connectivity index (χ1) is 11.0. The van der Waals surface area contributed by atoms with Gasteiger partial charge in [0.2, 0.25) is 11.8 Å². The zero-order chi connectivity index (χ0) is 16.4. The van der Waals surface area contributed by atoms with Crippen molar-refractivity contribution in [2.45, 2.75) is 58.5 Å². The summed E-state index contributed by atoms with van der Waals surface area (Å²) in [5.74, 6) is 0.433. The first kappa shape index (κ1) is 15.9. The molecule has 1 saturated carbocycles. The van der Waals surface area contributed by atoms with E-state index in [9.17, 15) is 9.59 Å². The molecule has 1 aliphatic heterocycles. The number of carbonyl (C=O) groups excluding carboxylic acids is 2. The maximum atomic E-state index is 12.3. The average Bonchev–Trinajstić information content (AvgIpc) is 3.12. The second-order valence-corrected chi connectivity index (χ2v) is 6.67. The van der Waals surface area contributed by atoms with Gasteiger partial charge >= 0.3 is 0 Å². The van der Waals surface area contributed by atoms with Crippen LogP contribution in [0.4, 0.5) is 0 Å². The van der Waals surface area contributed by atoms with Crippen LogP contribution in [0.1, 0.15) is 49.3 Å². The molecule has 0 aromatic carbocycles. The zero-order valence-corrected chi connectivity index (χ0v) is 13.8. The van der Waals surface area contributed by atoms with Gasteiger partial charge in [0.05, 0.1) is 12.5 Å². The summed E-state index contributed by atoms with van der Waals surface area (Å²) in [5, 5.41) is 2.88. The Hall–Kier alpha value is -1.98. The first-order valence-corrected chi connectivity index (χ1v) is 8.41. The van der Waals surface area contributed by atoms with Crippen LogP contribution >= 0.6 is 0 Å². The lowest BCUT2D eigenvalue weighted by Gasteiger charge is -2.23. The quantitative estimate of drug-likeness (QED) is 0.913. The van der Waals surface area contributed by atoms with Crippen molar-refractivity contribution in [3.63, 3.8) is 0 Å². The topological polar surface area (TPSA) is 75.2 Å². The maximum absolute atomic E-state index is 12.3. The van der Waals surface area contributed by atoms with E-state index in [1.165, 1.54) is 12.8 Å². The summed E-state index contributed by atoms with van der Waals surface area (Å²) in [7, 11) is 0. The third kappa shape index (κ3) is 3.68. The largest absolute Gasteiger partial charge is 0.348 e. The van der Waals surface area contributed by atoms with Gasteiger partial charge in [-0.15, -0.1) is 0 Å². The van der Waals surface area contributed by atoms with Crippen LogP contribution < -0.4 is 5.32 Å². The lowest BCUT2D eigenvalue weighted by molar-refractivity contribution is -0.130. The average molecular weight is 316 g/mol. The number of hydrogen-bond acceptors (Lipinski definition) is 4. The Labute approximate surface area is 136 Å². The van der Waals surface area contributed by atoms with Crippen LogP contribution in [0.5, 0.6) is 0 Å². The lowest BCUT2D eigenvalue weighted by Crippen LogP contribution is -2.37. The van der Waals surface area contributed by atoms with Gasteiger partial charge in [-0.25, -0.2) is 9.97 Å². The van der Waals surface area contributed by atoms with Gasteiger partial charge in [-0.2, -0.15) is 0 Å². The summed E-state index contributed by atoms with van der Waals surface area (Å²) < 4.78 is 0. The van der Waals surface area contributed by atoms with Crippen molar-refractivity contribution >= 4 is 11.8 Å². The maximum Gasteiger partial charge on any atom is 0.225 e. The molecule has 1 saturated heterocycles. The van der Waals surface area contributed by atoms with Crippen molar-refractivity contribution in [3.8, 4) is 0 Å². The number of amides is 2. The number of nitrogens with zero attached hydrogens (tertiary/aromatic N) is 3. The molecule has 3 rings (SSSR count). The van der Waals surface area contributed by atoms with Crippen molar-refractivity contribution in [1.82, 2.24) is 20.2 Å². The molecule has 2 fully saturated rings. The van der Waals surface area contributed by atoms with Gasteiger partial charge in [0.25, 0.3) is 0 Å². The van der Waals surface area contributed by atoms with Crippen LogP contribution in [0.15, 0.2) is 6.07 Å². The number of nitrogens with one attached hydrogen (secondary N) is 1. The molecule has 1 atom stereocenters. The van der Waals surface area contributed by atoms with Crippen molar-refractivity contribution in [2.75, 3.05) is 6.54 Å². The molecule has 6 nitrogen and oxygen atoms in total. The molecule has 0 unspecified atom stereocenters. The molecule has 2 aliphatic rings. The van der Waals surface area contributed by atoms with Gasteiger partial charge in [-0.1, -0.05) is 12.8 Å². The predicted octanol–water partition coefficient (Wildman–Crippen LogP) is 1.50. The first-order valence-electron chi connectivity index (χ1n) is 8.41. The van der Waals surface area contributed by atoms with Crippen molar-refractivity contribution in [1.29, 1.82) is 0 Å². The molecule has 0 spiro atoms. The fourth-order valence-electron chi connectivity index (χ4n) is 3.66. The molecular weight excluding hydrogens is 292 g/mol.